The van der Waals surface area contributed by atoms with E-state index in [-0.39, 0.29) is 12.1 Å². The molecule has 4 heteroatoms. The van der Waals surface area contributed by atoms with Gasteiger partial charge in [0.1, 0.15) is 6.17 Å². The number of carbonyl (C=O) groups is 1. The van der Waals surface area contributed by atoms with Crippen molar-refractivity contribution in [2.24, 2.45) is 11.8 Å². The Hall–Kier alpha value is -1.00. The lowest BCUT2D eigenvalue weighted by Crippen LogP contribution is -2.35. The molecule has 2 unspecified atom stereocenters. The van der Waals surface area contributed by atoms with Crippen LogP contribution in [0.5, 0.6) is 0 Å². The normalized spacial score (nSPS) is 20.8. The van der Waals surface area contributed by atoms with Crippen LogP contribution in [0, 0.1) is 11.8 Å². The molecule has 1 fully saturated rings. The Bertz CT molecular complexity index is 458. The van der Waals surface area contributed by atoms with Crippen LogP contribution >= 0.6 is 11.8 Å². The van der Waals surface area contributed by atoms with E-state index in [9.17, 15) is 4.79 Å². The molecule has 0 spiro atoms. The van der Waals surface area contributed by atoms with Crippen LogP contribution in [0.3, 0.4) is 0 Å². The molecule has 0 saturated carbocycles. The van der Waals surface area contributed by atoms with Crippen molar-refractivity contribution in [3.8, 4) is 0 Å². The van der Waals surface area contributed by atoms with Crippen LogP contribution in [0.1, 0.15) is 32.5 Å². The summed E-state index contributed by atoms with van der Waals surface area (Å²) in [5.41, 5.74) is 1.17. The largest absolute Gasteiger partial charge is 0.322 e. The first-order chi connectivity index (χ1) is 9.52. The Labute approximate surface area is 126 Å². The van der Waals surface area contributed by atoms with E-state index in [0.717, 1.165) is 6.54 Å². The summed E-state index contributed by atoms with van der Waals surface area (Å²) in [6.07, 6.45) is 2.10. The molecule has 2 atom stereocenters. The van der Waals surface area contributed by atoms with Gasteiger partial charge in [-0.05, 0) is 35.8 Å². The molecule has 0 bridgehead atoms. The molecule has 1 amide bonds. The first-order valence-corrected chi connectivity index (χ1v) is 8.42. The second kappa shape index (κ2) is 6.64. The molecule has 0 aliphatic carbocycles. The molecule has 3 nitrogen and oxygen atoms in total. The highest BCUT2D eigenvalue weighted by molar-refractivity contribution is 7.98. The van der Waals surface area contributed by atoms with Crippen LogP contribution in [-0.2, 0) is 4.79 Å². The second-order valence-corrected chi connectivity index (χ2v) is 6.70. The van der Waals surface area contributed by atoms with Crippen LogP contribution in [-0.4, -0.2) is 30.2 Å². The predicted octanol–water partition coefficient (Wildman–Crippen LogP) is 3.13. The van der Waals surface area contributed by atoms with E-state index in [0.29, 0.717) is 18.4 Å². The maximum Gasteiger partial charge on any atom is 0.238 e. The van der Waals surface area contributed by atoms with Crippen LogP contribution in [0.25, 0.3) is 0 Å². The average molecular weight is 292 g/mol. The summed E-state index contributed by atoms with van der Waals surface area (Å²) in [5.74, 6) is 1.30. The van der Waals surface area contributed by atoms with Crippen molar-refractivity contribution >= 4 is 17.7 Å². The highest BCUT2D eigenvalue weighted by atomic mass is 32.2. The SMILES string of the molecule is CSc1ccc(C2NCC(=O)N2CC(C)C(C)C)cc1. The summed E-state index contributed by atoms with van der Waals surface area (Å²) in [6.45, 7) is 7.89. The van der Waals surface area contributed by atoms with Crippen LogP contribution < -0.4 is 5.32 Å². The highest BCUT2D eigenvalue weighted by Crippen LogP contribution is 2.26. The van der Waals surface area contributed by atoms with Gasteiger partial charge in [-0.2, -0.15) is 0 Å². The standard InChI is InChI=1S/C16H24N2OS/c1-11(2)12(3)10-18-15(19)9-17-16(18)13-5-7-14(20-4)8-6-13/h5-8,11-12,16-17H,9-10H2,1-4H3. The maximum atomic E-state index is 12.1. The third kappa shape index (κ3) is 3.36. The van der Waals surface area contributed by atoms with Crippen molar-refractivity contribution in [3.05, 3.63) is 29.8 Å². The number of rotatable bonds is 5. The van der Waals surface area contributed by atoms with E-state index in [1.807, 2.05) is 4.90 Å². The van der Waals surface area contributed by atoms with Crippen molar-refractivity contribution in [2.75, 3.05) is 19.3 Å². The summed E-state index contributed by atoms with van der Waals surface area (Å²) >= 11 is 1.73. The Kier molecular flexibility index (Phi) is 5.11. The van der Waals surface area contributed by atoms with Crippen molar-refractivity contribution < 1.29 is 4.79 Å². The average Bonchev–Trinajstić information content (AvgIpc) is 2.80. The van der Waals surface area contributed by atoms with E-state index in [1.165, 1.54) is 10.5 Å². The van der Waals surface area contributed by atoms with Crippen LogP contribution in [0.2, 0.25) is 0 Å². The topological polar surface area (TPSA) is 32.3 Å². The van der Waals surface area contributed by atoms with Gasteiger partial charge in [0.15, 0.2) is 0 Å². The van der Waals surface area contributed by atoms with Gasteiger partial charge in [-0.15, -0.1) is 11.8 Å². The van der Waals surface area contributed by atoms with Gasteiger partial charge in [-0.25, -0.2) is 0 Å². The molecule has 1 N–H and O–H groups in total. The molecule has 110 valence electrons. The number of hydrogen-bond donors (Lipinski definition) is 1. The van der Waals surface area contributed by atoms with Gasteiger partial charge in [-0.3, -0.25) is 10.1 Å². The highest BCUT2D eigenvalue weighted by Gasteiger charge is 2.32. The lowest BCUT2D eigenvalue weighted by molar-refractivity contribution is -0.128. The van der Waals surface area contributed by atoms with E-state index in [1.54, 1.807) is 11.8 Å². The quantitative estimate of drug-likeness (QED) is 0.846. The van der Waals surface area contributed by atoms with Gasteiger partial charge in [0.2, 0.25) is 5.91 Å². The molecule has 0 aromatic heterocycles. The number of carbonyl (C=O) groups excluding carboxylic acids is 1. The number of nitrogens with zero attached hydrogens (tertiary/aromatic N) is 1. The first-order valence-electron chi connectivity index (χ1n) is 7.19. The first kappa shape index (κ1) is 15.4. The molecule has 1 aromatic carbocycles. The van der Waals surface area contributed by atoms with Crippen LogP contribution in [0.4, 0.5) is 0 Å². The summed E-state index contributed by atoms with van der Waals surface area (Å²) in [4.78, 5) is 15.3. The van der Waals surface area contributed by atoms with Crippen molar-refractivity contribution in [3.63, 3.8) is 0 Å². The van der Waals surface area contributed by atoms with Gasteiger partial charge in [0.05, 0.1) is 6.54 Å². The third-order valence-electron chi connectivity index (χ3n) is 4.13. The molecule has 1 aromatic rings. The Morgan fingerprint density at radius 1 is 1.30 bits per heavy atom. The van der Waals surface area contributed by atoms with E-state index >= 15 is 0 Å². The lowest BCUT2D eigenvalue weighted by atomic mass is 9.97. The molecule has 0 radical (unpaired) electrons. The molecular weight excluding hydrogens is 268 g/mol. The number of hydrogen-bond acceptors (Lipinski definition) is 3. The number of amides is 1. The van der Waals surface area contributed by atoms with E-state index < -0.39 is 0 Å². The van der Waals surface area contributed by atoms with E-state index in [4.69, 9.17) is 0 Å². The molecule has 1 aliphatic heterocycles. The smallest absolute Gasteiger partial charge is 0.238 e. The van der Waals surface area contributed by atoms with Gasteiger partial charge < -0.3 is 4.90 Å². The van der Waals surface area contributed by atoms with Crippen molar-refractivity contribution in [2.45, 2.75) is 31.8 Å². The number of benzene rings is 1. The molecule has 1 aliphatic rings. The van der Waals surface area contributed by atoms with Crippen molar-refractivity contribution in [1.82, 2.24) is 10.2 Å². The van der Waals surface area contributed by atoms with Gasteiger partial charge in [-0.1, -0.05) is 32.9 Å². The minimum Gasteiger partial charge on any atom is -0.322 e. The fourth-order valence-electron chi connectivity index (χ4n) is 2.35. The molecular formula is C16H24N2OS. The molecule has 1 saturated heterocycles. The second-order valence-electron chi connectivity index (χ2n) is 5.82. The number of nitrogens with one attached hydrogen (secondary N) is 1. The van der Waals surface area contributed by atoms with Crippen LogP contribution in [0.15, 0.2) is 29.2 Å². The third-order valence-corrected chi connectivity index (χ3v) is 4.88. The van der Waals surface area contributed by atoms with Gasteiger partial charge in [0.25, 0.3) is 0 Å². The summed E-state index contributed by atoms with van der Waals surface area (Å²) in [7, 11) is 0. The zero-order valence-corrected chi connectivity index (χ0v) is 13.5. The fourth-order valence-corrected chi connectivity index (χ4v) is 2.76. The zero-order chi connectivity index (χ0) is 14.7. The van der Waals surface area contributed by atoms with Gasteiger partial charge >= 0.3 is 0 Å². The minimum atomic E-state index is 0.0274. The zero-order valence-electron chi connectivity index (χ0n) is 12.7. The van der Waals surface area contributed by atoms with E-state index in [2.05, 4.69) is 56.6 Å². The maximum absolute atomic E-state index is 12.1. The summed E-state index contributed by atoms with van der Waals surface area (Å²) in [6, 6.07) is 8.48. The molecule has 1 heterocycles. The predicted molar refractivity (Wildman–Crippen MR) is 84.7 cm³/mol. The summed E-state index contributed by atoms with van der Waals surface area (Å²) in [5, 5.41) is 3.32. The Balaban J connectivity index is 2.14. The van der Waals surface area contributed by atoms with Crippen molar-refractivity contribution in [1.29, 1.82) is 0 Å². The molecule has 20 heavy (non-hydrogen) atoms. The number of thioether (sulfide) groups is 1. The fraction of sp³-hybridized carbons (Fsp3) is 0.562. The lowest BCUT2D eigenvalue weighted by Gasteiger charge is -2.29. The minimum absolute atomic E-state index is 0.0274. The van der Waals surface area contributed by atoms with Gasteiger partial charge in [0, 0.05) is 11.4 Å². The monoisotopic (exact) mass is 292 g/mol. The summed E-state index contributed by atoms with van der Waals surface area (Å²) < 4.78 is 0. The Morgan fingerprint density at radius 2 is 1.95 bits per heavy atom. The Morgan fingerprint density at radius 3 is 2.50 bits per heavy atom. The molecule has 2 rings (SSSR count).